The van der Waals surface area contributed by atoms with Crippen LogP contribution in [0.1, 0.15) is 4.88 Å². The van der Waals surface area contributed by atoms with Crippen molar-refractivity contribution in [2.24, 2.45) is 0 Å². The predicted molar refractivity (Wildman–Crippen MR) is 70.8 cm³/mol. The molecule has 1 aromatic carbocycles. The van der Waals surface area contributed by atoms with Gasteiger partial charge in [-0.2, -0.15) is 0 Å². The number of hydrogen-bond acceptors (Lipinski definition) is 2. The maximum absolute atomic E-state index is 5.92. The first kappa shape index (κ1) is 11.0. The Morgan fingerprint density at radius 1 is 1.33 bits per heavy atom. The summed E-state index contributed by atoms with van der Waals surface area (Å²) in [5.74, 6) is 0. The molecular weight excluding hydrogens is 294 g/mol. The van der Waals surface area contributed by atoms with Crippen LogP contribution in [0.3, 0.4) is 0 Å². The fourth-order valence-corrected chi connectivity index (χ4v) is 2.43. The molecule has 2 aromatic rings. The van der Waals surface area contributed by atoms with E-state index in [-0.39, 0.29) is 0 Å². The molecular formula is C11H9BrClNS. The molecule has 0 saturated heterocycles. The Kier molecular flexibility index (Phi) is 3.67. The number of nitrogens with one attached hydrogen (secondary N) is 1. The van der Waals surface area contributed by atoms with Gasteiger partial charge in [0.05, 0.1) is 5.69 Å². The molecule has 0 unspecified atom stereocenters. The van der Waals surface area contributed by atoms with Crippen molar-refractivity contribution in [3.8, 4) is 0 Å². The van der Waals surface area contributed by atoms with Crippen LogP contribution in [-0.2, 0) is 6.54 Å². The lowest BCUT2D eigenvalue weighted by Crippen LogP contribution is -1.97. The molecule has 1 nitrogen and oxygen atoms in total. The van der Waals surface area contributed by atoms with Crippen LogP contribution in [0.4, 0.5) is 5.69 Å². The molecule has 1 aromatic heterocycles. The first-order valence-corrected chi connectivity index (χ1v) is 6.52. The van der Waals surface area contributed by atoms with E-state index < -0.39 is 0 Å². The third-order valence-electron chi connectivity index (χ3n) is 1.96. The fraction of sp³-hybridized carbons (Fsp3) is 0.0909. The van der Waals surface area contributed by atoms with Gasteiger partial charge in [0.15, 0.2) is 0 Å². The van der Waals surface area contributed by atoms with Crippen molar-refractivity contribution in [3.05, 3.63) is 50.1 Å². The predicted octanol–water partition coefficient (Wildman–Crippen LogP) is 4.78. The highest BCUT2D eigenvalue weighted by atomic mass is 79.9. The Balaban J connectivity index is 2.07. The molecule has 2 rings (SSSR count). The Morgan fingerprint density at radius 3 is 2.93 bits per heavy atom. The van der Waals surface area contributed by atoms with Crippen molar-refractivity contribution in [1.82, 2.24) is 0 Å². The smallest absolute Gasteiger partial charge is 0.0502 e. The quantitative estimate of drug-likeness (QED) is 0.860. The highest BCUT2D eigenvalue weighted by molar-refractivity contribution is 9.10. The number of rotatable bonds is 3. The van der Waals surface area contributed by atoms with Crippen LogP contribution in [0, 0.1) is 0 Å². The third-order valence-corrected chi connectivity index (χ3v) is 3.76. The summed E-state index contributed by atoms with van der Waals surface area (Å²) in [5, 5.41) is 6.15. The van der Waals surface area contributed by atoms with Gasteiger partial charge in [-0.15, -0.1) is 11.3 Å². The zero-order valence-electron chi connectivity index (χ0n) is 7.84. The molecule has 0 radical (unpaired) electrons. The van der Waals surface area contributed by atoms with E-state index in [1.165, 1.54) is 4.88 Å². The molecule has 0 fully saturated rings. The van der Waals surface area contributed by atoms with E-state index in [4.69, 9.17) is 11.6 Å². The second kappa shape index (κ2) is 5.01. The van der Waals surface area contributed by atoms with Gasteiger partial charge in [-0.25, -0.2) is 0 Å². The summed E-state index contributed by atoms with van der Waals surface area (Å²) >= 11 is 11.1. The van der Waals surface area contributed by atoms with E-state index in [9.17, 15) is 0 Å². The van der Waals surface area contributed by atoms with Gasteiger partial charge in [-0.05, 0) is 45.6 Å². The van der Waals surface area contributed by atoms with Gasteiger partial charge < -0.3 is 5.32 Å². The summed E-state index contributed by atoms with van der Waals surface area (Å²) in [4.78, 5) is 1.31. The average Bonchev–Trinajstić information content (AvgIpc) is 2.72. The molecule has 15 heavy (non-hydrogen) atoms. The zero-order chi connectivity index (χ0) is 10.7. The summed E-state index contributed by atoms with van der Waals surface area (Å²) < 4.78 is 1.03. The first-order chi connectivity index (χ1) is 7.25. The van der Waals surface area contributed by atoms with E-state index in [1.807, 2.05) is 18.2 Å². The second-order valence-electron chi connectivity index (χ2n) is 3.06. The van der Waals surface area contributed by atoms with Gasteiger partial charge in [-0.1, -0.05) is 17.7 Å². The summed E-state index contributed by atoms with van der Waals surface area (Å²) in [6.45, 7) is 0.830. The van der Waals surface area contributed by atoms with E-state index in [1.54, 1.807) is 11.3 Å². The van der Waals surface area contributed by atoms with Gasteiger partial charge in [0.2, 0.25) is 0 Å². The number of halogens is 2. The highest BCUT2D eigenvalue weighted by Gasteiger charge is 2.00. The summed E-state index contributed by atoms with van der Waals surface area (Å²) in [5.41, 5.74) is 1.02. The topological polar surface area (TPSA) is 12.0 Å². The minimum Gasteiger partial charge on any atom is -0.379 e. The molecule has 0 atom stereocenters. The number of thiophene rings is 1. The highest BCUT2D eigenvalue weighted by Crippen LogP contribution is 2.26. The second-order valence-corrected chi connectivity index (χ2v) is 5.38. The number of hydrogen-bond donors (Lipinski definition) is 1. The van der Waals surface area contributed by atoms with Crippen LogP contribution >= 0.6 is 38.9 Å². The van der Waals surface area contributed by atoms with Crippen LogP contribution in [0.15, 0.2) is 40.2 Å². The molecule has 0 saturated carbocycles. The maximum Gasteiger partial charge on any atom is 0.0502 e. The molecule has 0 amide bonds. The minimum atomic E-state index is 0.742. The zero-order valence-corrected chi connectivity index (χ0v) is 11.0. The van der Waals surface area contributed by atoms with Crippen LogP contribution in [0.5, 0.6) is 0 Å². The molecule has 0 aliphatic rings. The van der Waals surface area contributed by atoms with Gasteiger partial charge >= 0.3 is 0 Å². The number of benzene rings is 1. The van der Waals surface area contributed by atoms with E-state index >= 15 is 0 Å². The summed E-state index contributed by atoms with van der Waals surface area (Å²) in [7, 11) is 0. The van der Waals surface area contributed by atoms with Crippen molar-refractivity contribution >= 4 is 44.6 Å². The Labute approximate surface area is 106 Å². The Hall–Kier alpha value is -0.510. The molecule has 4 heteroatoms. The van der Waals surface area contributed by atoms with Crippen molar-refractivity contribution in [3.63, 3.8) is 0 Å². The van der Waals surface area contributed by atoms with Crippen molar-refractivity contribution < 1.29 is 0 Å². The normalized spacial score (nSPS) is 10.3. The van der Waals surface area contributed by atoms with Crippen LogP contribution in [0.2, 0.25) is 5.02 Å². The van der Waals surface area contributed by atoms with Crippen LogP contribution < -0.4 is 5.32 Å². The van der Waals surface area contributed by atoms with E-state index in [0.717, 1.165) is 21.7 Å². The molecule has 1 heterocycles. The molecule has 0 spiro atoms. The molecule has 1 N–H and O–H groups in total. The Morgan fingerprint density at radius 2 is 2.20 bits per heavy atom. The SMILES string of the molecule is Clc1ccc(Br)c(NCc2cccs2)c1. The van der Waals surface area contributed by atoms with Gasteiger partial charge in [0.1, 0.15) is 0 Å². The lowest BCUT2D eigenvalue weighted by atomic mass is 10.3. The standard InChI is InChI=1S/C11H9BrClNS/c12-10-4-3-8(13)6-11(10)14-7-9-2-1-5-15-9/h1-6,14H,7H2. The molecule has 0 bridgehead atoms. The van der Waals surface area contributed by atoms with Gasteiger partial charge in [-0.3, -0.25) is 0 Å². The van der Waals surface area contributed by atoms with E-state index in [2.05, 4.69) is 38.8 Å². The number of anilines is 1. The van der Waals surface area contributed by atoms with Crippen molar-refractivity contribution in [2.45, 2.75) is 6.54 Å². The van der Waals surface area contributed by atoms with Gasteiger partial charge in [0.25, 0.3) is 0 Å². The van der Waals surface area contributed by atoms with Crippen LogP contribution in [-0.4, -0.2) is 0 Å². The summed E-state index contributed by atoms with van der Waals surface area (Å²) in [6.07, 6.45) is 0. The monoisotopic (exact) mass is 301 g/mol. The fourth-order valence-electron chi connectivity index (χ4n) is 1.23. The van der Waals surface area contributed by atoms with E-state index in [0.29, 0.717) is 0 Å². The lowest BCUT2D eigenvalue weighted by Gasteiger charge is -2.07. The van der Waals surface area contributed by atoms with Crippen LogP contribution in [0.25, 0.3) is 0 Å². The minimum absolute atomic E-state index is 0.742. The summed E-state index contributed by atoms with van der Waals surface area (Å²) in [6, 6.07) is 9.88. The van der Waals surface area contributed by atoms with Crippen molar-refractivity contribution in [1.29, 1.82) is 0 Å². The molecule has 0 aliphatic carbocycles. The lowest BCUT2D eigenvalue weighted by molar-refractivity contribution is 1.19. The van der Waals surface area contributed by atoms with Crippen molar-refractivity contribution in [2.75, 3.05) is 5.32 Å². The third kappa shape index (κ3) is 2.97. The first-order valence-electron chi connectivity index (χ1n) is 4.47. The largest absolute Gasteiger partial charge is 0.379 e. The molecule has 0 aliphatic heterocycles. The molecule has 78 valence electrons. The Bertz CT molecular complexity index is 442. The average molecular weight is 303 g/mol. The van der Waals surface area contributed by atoms with Gasteiger partial charge in [0, 0.05) is 20.9 Å². The maximum atomic E-state index is 5.92.